The van der Waals surface area contributed by atoms with Crippen molar-refractivity contribution in [2.45, 2.75) is 59.5 Å². The molecule has 0 saturated carbocycles. The van der Waals surface area contributed by atoms with Gasteiger partial charge in [-0.3, -0.25) is 13.9 Å². The van der Waals surface area contributed by atoms with Gasteiger partial charge in [0.25, 0.3) is 0 Å². The number of sulfonamides is 1. The predicted molar refractivity (Wildman–Crippen MR) is 137 cm³/mol. The summed E-state index contributed by atoms with van der Waals surface area (Å²) < 4.78 is 26.6. The summed E-state index contributed by atoms with van der Waals surface area (Å²) in [5, 5.41) is 2.89. The molecule has 1 N–H and O–H groups in total. The Morgan fingerprint density at radius 1 is 1.00 bits per heavy atom. The molecule has 186 valence electrons. The predicted octanol–water partition coefficient (Wildman–Crippen LogP) is 3.44. The van der Waals surface area contributed by atoms with Gasteiger partial charge in [-0.25, -0.2) is 8.42 Å². The van der Waals surface area contributed by atoms with Gasteiger partial charge in [-0.1, -0.05) is 49.4 Å². The second kappa shape index (κ2) is 12.0. The summed E-state index contributed by atoms with van der Waals surface area (Å²) in [6.07, 6.45) is 2.07. The van der Waals surface area contributed by atoms with Crippen LogP contribution in [-0.2, 0) is 26.0 Å². The van der Waals surface area contributed by atoms with Crippen LogP contribution in [0.15, 0.2) is 48.5 Å². The fraction of sp³-hybridized carbons (Fsp3) is 0.462. The molecule has 0 radical (unpaired) electrons. The summed E-state index contributed by atoms with van der Waals surface area (Å²) in [7, 11) is -3.74. The number of nitrogens with zero attached hydrogens (tertiary/aromatic N) is 2. The smallest absolute Gasteiger partial charge is 0.244 e. The zero-order chi connectivity index (χ0) is 25.5. The van der Waals surface area contributed by atoms with Crippen molar-refractivity contribution in [1.29, 1.82) is 0 Å². The molecule has 0 bridgehead atoms. The van der Waals surface area contributed by atoms with Gasteiger partial charge in [0.15, 0.2) is 0 Å². The minimum atomic E-state index is -3.74. The number of carbonyl (C=O) groups excluding carboxylic acids is 2. The van der Waals surface area contributed by atoms with E-state index in [-0.39, 0.29) is 18.5 Å². The van der Waals surface area contributed by atoms with E-state index in [0.29, 0.717) is 25.1 Å². The maximum absolute atomic E-state index is 13.6. The zero-order valence-electron chi connectivity index (χ0n) is 21.0. The number of benzene rings is 2. The first-order chi connectivity index (χ1) is 16.0. The molecule has 0 spiro atoms. The van der Waals surface area contributed by atoms with E-state index in [2.05, 4.69) is 5.32 Å². The largest absolute Gasteiger partial charge is 0.352 e. The van der Waals surface area contributed by atoms with E-state index in [4.69, 9.17) is 0 Å². The average molecular weight is 488 g/mol. The maximum atomic E-state index is 13.6. The van der Waals surface area contributed by atoms with Crippen LogP contribution in [0.2, 0.25) is 0 Å². The highest BCUT2D eigenvalue weighted by Crippen LogP contribution is 2.25. The van der Waals surface area contributed by atoms with Gasteiger partial charge in [0.05, 0.1) is 11.9 Å². The molecule has 0 aliphatic carbocycles. The Morgan fingerprint density at radius 3 is 2.21 bits per heavy atom. The van der Waals surface area contributed by atoms with Gasteiger partial charge in [-0.2, -0.15) is 0 Å². The molecule has 2 aromatic rings. The third-order valence-corrected chi connectivity index (χ3v) is 6.95. The van der Waals surface area contributed by atoms with Gasteiger partial charge in [0.1, 0.15) is 12.6 Å². The SMILES string of the molecule is CCC(C(=O)NC(C)C)N(CCc1ccccc1)C(=O)CN(c1cccc(C)c1C)S(C)(=O)=O. The lowest BCUT2D eigenvalue weighted by Crippen LogP contribution is -2.54. The Bertz CT molecular complexity index is 1080. The Morgan fingerprint density at radius 2 is 1.65 bits per heavy atom. The third-order valence-electron chi connectivity index (χ3n) is 5.82. The summed E-state index contributed by atoms with van der Waals surface area (Å²) in [5.74, 6) is -0.649. The van der Waals surface area contributed by atoms with Gasteiger partial charge in [0.2, 0.25) is 21.8 Å². The van der Waals surface area contributed by atoms with E-state index in [1.54, 1.807) is 12.1 Å². The van der Waals surface area contributed by atoms with Gasteiger partial charge >= 0.3 is 0 Å². The second-order valence-corrected chi connectivity index (χ2v) is 10.8. The molecule has 1 unspecified atom stereocenters. The van der Waals surface area contributed by atoms with Crippen LogP contribution in [0.1, 0.15) is 43.9 Å². The molecule has 0 fully saturated rings. The first-order valence-electron chi connectivity index (χ1n) is 11.6. The highest BCUT2D eigenvalue weighted by Gasteiger charge is 2.32. The Kier molecular flexibility index (Phi) is 9.67. The molecule has 0 heterocycles. The topological polar surface area (TPSA) is 86.8 Å². The van der Waals surface area contributed by atoms with Crippen molar-refractivity contribution in [2.75, 3.05) is 23.7 Å². The molecule has 8 heteroatoms. The van der Waals surface area contributed by atoms with Gasteiger partial charge in [-0.05, 0) is 63.3 Å². The Labute approximate surface area is 204 Å². The number of anilines is 1. The molecule has 2 aromatic carbocycles. The lowest BCUT2D eigenvalue weighted by atomic mass is 10.1. The van der Waals surface area contributed by atoms with Crippen LogP contribution >= 0.6 is 0 Å². The number of aryl methyl sites for hydroxylation is 1. The van der Waals surface area contributed by atoms with E-state index >= 15 is 0 Å². The Hall–Kier alpha value is -2.87. The zero-order valence-corrected chi connectivity index (χ0v) is 21.9. The lowest BCUT2D eigenvalue weighted by molar-refractivity contribution is -0.139. The van der Waals surface area contributed by atoms with Crippen LogP contribution in [0.25, 0.3) is 0 Å². The summed E-state index contributed by atoms with van der Waals surface area (Å²) in [6.45, 7) is 9.26. The highest BCUT2D eigenvalue weighted by atomic mass is 32.2. The number of amides is 2. The van der Waals surface area contributed by atoms with Crippen molar-refractivity contribution >= 4 is 27.5 Å². The monoisotopic (exact) mass is 487 g/mol. The number of rotatable bonds is 11. The fourth-order valence-corrected chi connectivity index (χ4v) is 4.78. The van der Waals surface area contributed by atoms with E-state index in [9.17, 15) is 18.0 Å². The van der Waals surface area contributed by atoms with E-state index in [1.165, 1.54) is 4.90 Å². The molecule has 1 atom stereocenters. The van der Waals surface area contributed by atoms with Crippen molar-refractivity contribution in [3.63, 3.8) is 0 Å². The van der Waals surface area contributed by atoms with Crippen LogP contribution in [0.5, 0.6) is 0 Å². The maximum Gasteiger partial charge on any atom is 0.244 e. The first kappa shape index (κ1) is 27.4. The van der Waals surface area contributed by atoms with Gasteiger partial charge in [-0.15, -0.1) is 0 Å². The van der Waals surface area contributed by atoms with E-state index < -0.39 is 22.0 Å². The number of hydrogen-bond donors (Lipinski definition) is 1. The summed E-state index contributed by atoms with van der Waals surface area (Å²) >= 11 is 0. The molecule has 0 saturated heterocycles. The van der Waals surface area contributed by atoms with Crippen molar-refractivity contribution < 1.29 is 18.0 Å². The standard InChI is InChI=1S/C26H37N3O4S/c1-7-23(26(31)27-19(2)3)28(17-16-22-13-9-8-10-14-22)25(30)18-29(34(6,32)33)24-15-11-12-20(4)21(24)5/h8-15,19,23H,7,16-18H2,1-6H3,(H,27,31). The molecule has 2 amide bonds. The molecule has 7 nitrogen and oxygen atoms in total. The highest BCUT2D eigenvalue weighted by molar-refractivity contribution is 7.92. The number of hydrogen-bond acceptors (Lipinski definition) is 4. The molecular weight excluding hydrogens is 450 g/mol. The molecule has 0 aliphatic heterocycles. The molecule has 0 aromatic heterocycles. The molecule has 2 rings (SSSR count). The minimum Gasteiger partial charge on any atom is -0.352 e. The number of nitrogens with one attached hydrogen (secondary N) is 1. The van der Waals surface area contributed by atoms with E-state index in [1.807, 2.05) is 71.0 Å². The third kappa shape index (κ3) is 7.32. The molecule has 34 heavy (non-hydrogen) atoms. The average Bonchev–Trinajstić information content (AvgIpc) is 2.76. The fourth-order valence-electron chi connectivity index (χ4n) is 3.88. The van der Waals surface area contributed by atoms with Crippen LogP contribution in [0.4, 0.5) is 5.69 Å². The Balaban J connectivity index is 2.40. The quantitative estimate of drug-likeness (QED) is 0.526. The van der Waals surface area contributed by atoms with Gasteiger partial charge < -0.3 is 10.2 Å². The van der Waals surface area contributed by atoms with Crippen molar-refractivity contribution in [2.24, 2.45) is 0 Å². The first-order valence-corrected chi connectivity index (χ1v) is 13.5. The summed E-state index contributed by atoms with van der Waals surface area (Å²) in [4.78, 5) is 28.1. The minimum absolute atomic E-state index is 0.0740. The summed E-state index contributed by atoms with van der Waals surface area (Å²) in [6, 6.07) is 14.3. The second-order valence-electron chi connectivity index (χ2n) is 8.90. The normalized spacial score (nSPS) is 12.3. The van der Waals surface area contributed by atoms with Crippen LogP contribution in [0, 0.1) is 13.8 Å². The van der Waals surface area contributed by atoms with Crippen LogP contribution in [-0.4, -0.2) is 56.6 Å². The lowest BCUT2D eigenvalue weighted by Gasteiger charge is -2.33. The van der Waals surface area contributed by atoms with Crippen molar-refractivity contribution in [1.82, 2.24) is 10.2 Å². The van der Waals surface area contributed by atoms with Crippen LogP contribution < -0.4 is 9.62 Å². The van der Waals surface area contributed by atoms with Crippen LogP contribution in [0.3, 0.4) is 0 Å². The van der Waals surface area contributed by atoms with Crippen molar-refractivity contribution in [3.8, 4) is 0 Å². The molecular formula is C26H37N3O4S. The van der Waals surface area contributed by atoms with E-state index in [0.717, 1.165) is 27.3 Å². The summed E-state index contributed by atoms with van der Waals surface area (Å²) in [5.41, 5.74) is 3.23. The van der Waals surface area contributed by atoms with Gasteiger partial charge in [0, 0.05) is 12.6 Å². The number of carbonyl (C=O) groups is 2. The molecule has 0 aliphatic rings. The van der Waals surface area contributed by atoms with Crippen molar-refractivity contribution in [3.05, 3.63) is 65.2 Å².